The first-order valence-corrected chi connectivity index (χ1v) is 10.7. The molecule has 160 valence electrons. The molecule has 7 nitrogen and oxygen atoms in total. The van der Waals surface area contributed by atoms with E-state index in [2.05, 4.69) is 37.7 Å². The van der Waals surface area contributed by atoms with Crippen molar-refractivity contribution >= 4 is 34.9 Å². The molecular formula is C24H28N6O. The number of hydrogen-bond acceptors (Lipinski definition) is 5. The summed E-state index contributed by atoms with van der Waals surface area (Å²) in [5.41, 5.74) is 4.54. The molecular weight excluding hydrogens is 388 g/mol. The maximum Gasteiger partial charge on any atom is 0.323 e. The van der Waals surface area contributed by atoms with Crippen molar-refractivity contribution in [2.45, 2.75) is 33.1 Å². The smallest absolute Gasteiger partial charge is 0.323 e. The Labute approximate surface area is 182 Å². The average molecular weight is 417 g/mol. The lowest BCUT2D eigenvalue weighted by Crippen LogP contribution is -2.21. The van der Waals surface area contributed by atoms with Gasteiger partial charge < -0.3 is 20.9 Å². The predicted octanol–water partition coefficient (Wildman–Crippen LogP) is 5.34. The molecule has 0 atom stereocenters. The SMILES string of the molecule is CCc1ccc(NC(=O)Nc2ccc(Nc3cc(C)nc(N4CCCC4)n3)cc2)cc1. The number of nitrogens with zero attached hydrogens (tertiary/aromatic N) is 3. The Bertz CT molecular complexity index is 1030. The van der Waals surface area contributed by atoms with Crippen LogP contribution in [0.3, 0.4) is 0 Å². The molecule has 1 aromatic heterocycles. The Balaban J connectivity index is 1.36. The zero-order valence-corrected chi connectivity index (χ0v) is 18.0. The lowest BCUT2D eigenvalue weighted by molar-refractivity contribution is 0.262. The minimum absolute atomic E-state index is 0.272. The molecule has 31 heavy (non-hydrogen) atoms. The molecule has 3 N–H and O–H groups in total. The number of hydrogen-bond donors (Lipinski definition) is 3. The van der Waals surface area contributed by atoms with Gasteiger partial charge in [0.2, 0.25) is 5.95 Å². The van der Waals surface area contributed by atoms with Crippen LogP contribution in [0.15, 0.2) is 54.6 Å². The fourth-order valence-electron chi connectivity index (χ4n) is 3.58. The van der Waals surface area contributed by atoms with Gasteiger partial charge in [-0.25, -0.2) is 9.78 Å². The largest absolute Gasteiger partial charge is 0.341 e. The topological polar surface area (TPSA) is 82.2 Å². The highest BCUT2D eigenvalue weighted by molar-refractivity contribution is 5.99. The number of urea groups is 1. The summed E-state index contributed by atoms with van der Waals surface area (Å²) in [5, 5.41) is 9.04. The third-order valence-electron chi connectivity index (χ3n) is 5.27. The molecule has 1 fully saturated rings. The van der Waals surface area contributed by atoms with Gasteiger partial charge in [0.05, 0.1) is 0 Å². The number of anilines is 5. The molecule has 0 spiro atoms. The van der Waals surface area contributed by atoms with E-state index in [0.717, 1.165) is 48.3 Å². The molecule has 2 amide bonds. The van der Waals surface area contributed by atoms with Crippen molar-refractivity contribution < 1.29 is 4.79 Å². The Hall–Kier alpha value is -3.61. The summed E-state index contributed by atoms with van der Waals surface area (Å²) in [4.78, 5) is 23.7. The van der Waals surface area contributed by atoms with Crippen LogP contribution in [0.4, 0.5) is 33.6 Å². The monoisotopic (exact) mass is 416 g/mol. The van der Waals surface area contributed by atoms with Gasteiger partial charge in [-0.05, 0) is 68.1 Å². The van der Waals surface area contributed by atoms with E-state index in [9.17, 15) is 4.79 Å². The number of rotatable bonds is 6. The summed E-state index contributed by atoms with van der Waals surface area (Å²) in [6, 6.07) is 17.1. The van der Waals surface area contributed by atoms with Crippen LogP contribution in [0, 0.1) is 6.92 Å². The second-order valence-electron chi connectivity index (χ2n) is 7.72. The predicted molar refractivity (Wildman–Crippen MR) is 126 cm³/mol. The maximum absolute atomic E-state index is 12.3. The standard InChI is InChI=1S/C24H28N6O/c1-3-18-6-8-20(9-7-18)27-24(31)28-21-12-10-19(11-13-21)26-22-16-17(2)25-23(29-22)30-14-4-5-15-30/h6-13,16H,3-5,14-15H2,1-2H3,(H,25,26,29)(H2,27,28,31). The Kier molecular flexibility index (Phi) is 6.31. The van der Waals surface area contributed by atoms with Crippen LogP contribution in [0.1, 0.15) is 31.0 Å². The number of carbonyl (C=O) groups excluding carboxylic acids is 1. The fourth-order valence-corrected chi connectivity index (χ4v) is 3.58. The highest BCUT2D eigenvalue weighted by Crippen LogP contribution is 2.22. The molecule has 4 rings (SSSR count). The van der Waals surface area contributed by atoms with Crippen LogP contribution >= 0.6 is 0 Å². The third kappa shape index (κ3) is 5.51. The van der Waals surface area contributed by atoms with Crippen LogP contribution in [0.5, 0.6) is 0 Å². The van der Waals surface area contributed by atoms with Gasteiger partial charge in [-0.2, -0.15) is 4.98 Å². The Morgan fingerprint density at radius 3 is 2.10 bits per heavy atom. The van der Waals surface area contributed by atoms with Crippen molar-refractivity contribution in [2.75, 3.05) is 33.9 Å². The molecule has 1 saturated heterocycles. The minimum atomic E-state index is -0.272. The van der Waals surface area contributed by atoms with Crippen molar-refractivity contribution in [2.24, 2.45) is 0 Å². The zero-order chi connectivity index (χ0) is 21.6. The first-order chi connectivity index (χ1) is 15.1. The van der Waals surface area contributed by atoms with Crippen LogP contribution in [0.25, 0.3) is 0 Å². The molecule has 1 aliphatic heterocycles. The normalized spacial score (nSPS) is 13.2. The second-order valence-corrected chi connectivity index (χ2v) is 7.72. The van der Waals surface area contributed by atoms with E-state index in [1.807, 2.05) is 61.5 Å². The lowest BCUT2D eigenvalue weighted by atomic mass is 10.1. The van der Waals surface area contributed by atoms with E-state index < -0.39 is 0 Å². The lowest BCUT2D eigenvalue weighted by Gasteiger charge is -2.17. The quantitative estimate of drug-likeness (QED) is 0.506. The average Bonchev–Trinajstić information content (AvgIpc) is 3.30. The minimum Gasteiger partial charge on any atom is -0.341 e. The molecule has 0 bridgehead atoms. The van der Waals surface area contributed by atoms with Crippen LogP contribution < -0.4 is 20.9 Å². The van der Waals surface area contributed by atoms with Gasteiger partial charge in [-0.15, -0.1) is 0 Å². The van der Waals surface area contributed by atoms with Gasteiger partial charge in [0.25, 0.3) is 0 Å². The number of aryl methyl sites for hydroxylation is 2. The van der Waals surface area contributed by atoms with Gasteiger partial charge in [-0.3, -0.25) is 0 Å². The summed E-state index contributed by atoms with van der Waals surface area (Å²) in [5.74, 6) is 1.55. The Morgan fingerprint density at radius 1 is 0.903 bits per heavy atom. The maximum atomic E-state index is 12.3. The number of carbonyl (C=O) groups is 1. The van der Waals surface area contributed by atoms with Crippen LogP contribution in [-0.4, -0.2) is 29.1 Å². The first kappa shape index (κ1) is 20.7. The van der Waals surface area contributed by atoms with Crippen LogP contribution in [-0.2, 0) is 6.42 Å². The van der Waals surface area contributed by atoms with Gasteiger partial charge in [-0.1, -0.05) is 19.1 Å². The summed E-state index contributed by atoms with van der Waals surface area (Å²) in [6.45, 7) is 6.10. The van der Waals surface area contributed by atoms with Gasteiger partial charge in [0.15, 0.2) is 0 Å². The van der Waals surface area contributed by atoms with Gasteiger partial charge in [0.1, 0.15) is 5.82 Å². The number of aromatic nitrogens is 2. The second kappa shape index (κ2) is 9.47. The van der Waals surface area contributed by atoms with Gasteiger partial charge >= 0.3 is 6.03 Å². The molecule has 0 radical (unpaired) electrons. The van der Waals surface area contributed by atoms with E-state index in [4.69, 9.17) is 0 Å². The first-order valence-electron chi connectivity index (χ1n) is 10.7. The van der Waals surface area contributed by atoms with Crippen molar-refractivity contribution in [3.8, 4) is 0 Å². The van der Waals surface area contributed by atoms with Gasteiger partial charge in [0, 0.05) is 41.9 Å². The summed E-state index contributed by atoms with van der Waals surface area (Å²) in [6.07, 6.45) is 3.35. The summed E-state index contributed by atoms with van der Waals surface area (Å²) < 4.78 is 0. The summed E-state index contributed by atoms with van der Waals surface area (Å²) >= 11 is 0. The number of amides is 2. The number of nitrogens with one attached hydrogen (secondary N) is 3. The molecule has 0 aliphatic carbocycles. The molecule has 1 aliphatic rings. The highest BCUT2D eigenvalue weighted by Gasteiger charge is 2.16. The zero-order valence-electron chi connectivity index (χ0n) is 18.0. The van der Waals surface area contributed by atoms with Crippen molar-refractivity contribution in [3.63, 3.8) is 0 Å². The molecule has 7 heteroatoms. The number of benzene rings is 2. The Morgan fingerprint density at radius 2 is 1.48 bits per heavy atom. The molecule has 0 saturated carbocycles. The van der Waals surface area contributed by atoms with Crippen molar-refractivity contribution in [1.29, 1.82) is 0 Å². The molecule has 2 heterocycles. The van der Waals surface area contributed by atoms with Crippen LogP contribution in [0.2, 0.25) is 0 Å². The third-order valence-corrected chi connectivity index (χ3v) is 5.27. The van der Waals surface area contributed by atoms with E-state index >= 15 is 0 Å². The van der Waals surface area contributed by atoms with E-state index in [1.54, 1.807) is 0 Å². The van der Waals surface area contributed by atoms with E-state index in [-0.39, 0.29) is 6.03 Å². The highest BCUT2D eigenvalue weighted by atomic mass is 16.2. The van der Waals surface area contributed by atoms with Crippen molar-refractivity contribution in [1.82, 2.24) is 9.97 Å². The summed E-state index contributed by atoms with van der Waals surface area (Å²) in [7, 11) is 0. The van der Waals surface area contributed by atoms with E-state index in [1.165, 1.54) is 18.4 Å². The molecule has 3 aromatic rings. The molecule has 2 aromatic carbocycles. The van der Waals surface area contributed by atoms with Crippen molar-refractivity contribution in [3.05, 3.63) is 65.9 Å². The van der Waals surface area contributed by atoms with E-state index in [0.29, 0.717) is 5.69 Å². The fraction of sp³-hybridized carbons (Fsp3) is 0.292. The molecule has 0 unspecified atom stereocenters.